The molecule has 32 heavy (non-hydrogen) atoms. The third kappa shape index (κ3) is 4.15. The minimum absolute atomic E-state index is 0.0485. The fourth-order valence-corrected chi connectivity index (χ4v) is 5.50. The van der Waals surface area contributed by atoms with E-state index in [0.29, 0.717) is 26.1 Å². The number of nitrogens with zero attached hydrogens (tertiary/aromatic N) is 3. The van der Waals surface area contributed by atoms with Crippen LogP contribution in [0.3, 0.4) is 0 Å². The summed E-state index contributed by atoms with van der Waals surface area (Å²) in [5.41, 5.74) is 3.84. The Bertz CT molecular complexity index is 1440. The largest absolute Gasteiger partial charge is 0.465 e. The second-order valence-corrected chi connectivity index (χ2v) is 9.64. The van der Waals surface area contributed by atoms with Crippen LogP contribution in [-0.4, -0.2) is 32.4 Å². The first-order chi connectivity index (χ1) is 15.4. The third-order valence-electron chi connectivity index (χ3n) is 4.91. The van der Waals surface area contributed by atoms with Gasteiger partial charge in [-0.2, -0.15) is 0 Å². The number of hydrogen-bond donors (Lipinski definition) is 0. The van der Waals surface area contributed by atoms with Crippen molar-refractivity contribution in [3.05, 3.63) is 74.0 Å². The van der Waals surface area contributed by atoms with E-state index in [2.05, 4.69) is 0 Å². The van der Waals surface area contributed by atoms with Crippen molar-refractivity contribution < 1.29 is 9.53 Å². The molecule has 0 aliphatic carbocycles. The Morgan fingerprint density at radius 2 is 1.66 bits per heavy atom. The molecular formula is C23H21N3O3S3. The van der Waals surface area contributed by atoms with Crippen molar-refractivity contribution >= 4 is 51.6 Å². The van der Waals surface area contributed by atoms with E-state index >= 15 is 0 Å². The van der Waals surface area contributed by atoms with Gasteiger partial charge in [-0.05, 0) is 56.2 Å². The number of carbonyl (C=O) groups is 1. The molecule has 6 nitrogen and oxygen atoms in total. The Balaban J connectivity index is 2.00. The van der Waals surface area contributed by atoms with Crippen molar-refractivity contribution in [2.24, 2.45) is 0 Å². The van der Waals surface area contributed by atoms with Crippen molar-refractivity contribution in [3.63, 3.8) is 0 Å². The van der Waals surface area contributed by atoms with Gasteiger partial charge in [-0.1, -0.05) is 59.5 Å². The number of esters is 1. The Kier molecular flexibility index (Phi) is 6.59. The Labute approximate surface area is 198 Å². The highest BCUT2D eigenvalue weighted by Gasteiger charge is 2.21. The van der Waals surface area contributed by atoms with Crippen molar-refractivity contribution in [1.82, 2.24) is 14.1 Å². The number of rotatable bonds is 6. The summed E-state index contributed by atoms with van der Waals surface area (Å²) >= 11 is 8.06. The zero-order chi connectivity index (χ0) is 22.8. The van der Waals surface area contributed by atoms with Gasteiger partial charge in [0.05, 0.1) is 23.7 Å². The summed E-state index contributed by atoms with van der Waals surface area (Å²) in [5.74, 6) is -0.309. The molecule has 0 atom stereocenters. The van der Waals surface area contributed by atoms with Crippen LogP contribution in [-0.2, 0) is 9.53 Å². The lowest BCUT2D eigenvalue weighted by molar-refractivity contribution is -0.139. The fourth-order valence-electron chi connectivity index (χ4n) is 3.41. The molecule has 4 rings (SSSR count). The summed E-state index contributed by atoms with van der Waals surface area (Å²) in [4.78, 5) is 30.6. The summed E-state index contributed by atoms with van der Waals surface area (Å²) in [6, 6.07) is 15.4. The van der Waals surface area contributed by atoms with Gasteiger partial charge in [0.1, 0.15) is 4.70 Å². The topological polar surface area (TPSA) is 66.1 Å². The molecule has 0 spiro atoms. The number of para-hydroxylation sites is 2. The van der Waals surface area contributed by atoms with Crippen LogP contribution in [0.5, 0.6) is 0 Å². The number of carbonyl (C=O) groups excluding carboxylic acids is 1. The van der Waals surface area contributed by atoms with Gasteiger partial charge >= 0.3 is 5.97 Å². The molecule has 0 aliphatic heterocycles. The molecule has 0 aliphatic rings. The highest BCUT2D eigenvalue weighted by atomic mass is 32.2. The molecule has 0 radical (unpaired) electrons. The predicted octanol–water partition coefficient (Wildman–Crippen LogP) is 5.24. The number of benzene rings is 2. The van der Waals surface area contributed by atoms with E-state index in [0.717, 1.165) is 22.5 Å². The first-order valence-electron chi connectivity index (χ1n) is 10.0. The molecule has 0 saturated heterocycles. The summed E-state index contributed by atoms with van der Waals surface area (Å²) in [5, 5.41) is 0.417. The van der Waals surface area contributed by atoms with Gasteiger partial charge < -0.3 is 4.74 Å². The van der Waals surface area contributed by atoms with Gasteiger partial charge in [0, 0.05) is 0 Å². The van der Waals surface area contributed by atoms with Crippen LogP contribution in [0.4, 0.5) is 0 Å². The highest BCUT2D eigenvalue weighted by molar-refractivity contribution is 7.99. The maximum absolute atomic E-state index is 13.7. The van der Waals surface area contributed by atoms with E-state index in [1.165, 1.54) is 23.1 Å². The predicted molar refractivity (Wildman–Crippen MR) is 132 cm³/mol. The molecule has 2 aromatic heterocycles. The second kappa shape index (κ2) is 9.40. The van der Waals surface area contributed by atoms with Crippen LogP contribution in [0.1, 0.15) is 18.1 Å². The van der Waals surface area contributed by atoms with Crippen molar-refractivity contribution in [1.29, 1.82) is 0 Å². The van der Waals surface area contributed by atoms with Crippen LogP contribution in [0.2, 0.25) is 0 Å². The molecule has 4 aromatic rings. The van der Waals surface area contributed by atoms with Gasteiger partial charge in [-0.15, -0.1) is 0 Å². The van der Waals surface area contributed by atoms with Crippen LogP contribution in [0.15, 0.2) is 58.5 Å². The van der Waals surface area contributed by atoms with E-state index in [1.807, 2.05) is 66.9 Å². The standard InChI is InChI=1S/C23H21N3O3S3/c1-4-29-18(27)13-31-22-24-20-19(21(28)26(22)17-12-8-6-10-15(17)3)32-23(30)25(20)16-11-7-5-9-14(16)2/h5-12H,4,13H2,1-3H3. The number of hydrogen-bond acceptors (Lipinski definition) is 7. The van der Waals surface area contributed by atoms with Crippen LogP contribution < -0.4 is 5.56 Å². The zero-order valence-electron chi connectivity index (χ0n) is 17.8. The molecule has 9 heteroatoms. The van der Waals surface area contributed by atoms with Gasteiger partial charge in [-0.3, -0.25) is 18.7 Å². The van der Waals surface area contributed by atoms with Crippen molar-refractivity contribution in [3.8, 4) is 11.4 Å². The van der Waals surface area contributed by atoms with Crippen molar-refractivity contribution in [2.75, 3.05) is 12.4 Å². The van der Waals surface area contributed by atoms with E-state index in [9.17, 15) is 9.59 Å². The molecule has 0 saturated carbocycles. The Hall–Kier alpha value is -2.75. The first kappa shape index (κ1) is 22.4. The molecule has 0 fully saturated rings. The van der Waals surface area contributed by atoms with Crippen LogP contribution in [0.25, 0.3) is 21.7 Å². The van der Waals surface area contributed by atoms with Gasteiger partial charge in [0.15, 0.2) is 14.8 Å². The fraction of sp³-hybridized carbons (Fsp3) is 0.217. The summed E-state index contributed by atoms with van der Waals surface area (Å²) in [6.07, 6.45) is 0. The molecule has 164 valence electrons. The monoisotopic (exact) mass is 483 g/mol. The minimum atomic E-state index is -0.357. The smallest absolute Gasteiger partial charge is 0.316 e. The average molecular weight is 484 g/mol. The molecule has 0 N–H and O–H groups in total. The molecule has 0 unspecified atom stereocenters. The maximum Gasteiger partial charge on any atom is 0.316 e. The Morgan fingerprint density at radius 3 is 2.25 bits per heavy atom. The summed E-state index contributed by atoms with van der Waals surface area (Å²) in [7, 11) is 0. The lowest BCUT2D eigenvalue weighted by Crippen LogP contribution is -2.23. The molecule has 2 heterocycles. The minimum Gasteiger partial charge on any atom is -0.465 e. The molecule has 0 amide bonds. The number of thiazole rings is 1. The van der Waals surface area contributed by atoms with Crippen molar-refractivity contribution in [2.45, 2.75) is 25.9 Å². The van der Waals surface area contributed by atoms with Crippen LogP contribution in [0, 0.1) is 17.8 Å². The van der Waals surface area contributed by atoms with Gasteiger partial charge in [0.25, 0.3) is 5.56 Å². The van der Waals surface area contributed by atoms with E-state index in [-0.39, 0.29) is 17.3 Å². The first-order valence-corrected chi connectivity index (χ1v) is 12.2. The number of ether oxygens (including phenoxy) is 1. The molecule has 2 aromatic carbocycles. The average Bonchev–Trinajstić information content (AvgIpc) is 3.10. The molecular weight excluding hydrogens is 462 g/mol. The van der Waals surface area contributed by atoms with Gasteiger partial charge in [0.2, 0.25) is 0 Å². The number of thioether (sulfide) groups is 1. The SMILES string of the molecule is CCOC(=O)CSc1nc2c(sc(=S)n2-c2ccccc2C)c(=O)n1-c1ccccc1C. The zero-order valence-corrected chi connectivity index (χ0v) is 20.3. The highest BCUT2D eigenvalue weighted by Crippen LogP contribution is 2.29. The quantitative estimate of drug-likeness (QED) is 0.162. The van der Waals surface area contributed by atoms with Gasteiger partial charge in [-0.25, -0.2) is 4.98 Å². The van der Waals surface area contributed by atoms with E-state index in [1.54, 1.807) is 11.5 Å². The molecule has 0 bridgehead atoms. The maximum atomic E-state index is 13.7. The lowest BCUT2D eigenvalue weighted by Gasteiger charge is -2.15. The normalized spacial score (nSPS) is 11.1. The summed E-state index contributed by atoms with van der Waals surface area (Å²) < 4.78 is 9.49. The number of aryl methyl sites for hydroxylation is 2. The Morgan fingerprint density at radius 1 is 1.06 bits per heavy atom. The lowest BCUT2D eigenvalue weighted by atomic mass is 10.2. The summed E-state index contributed by atoms with van der Waals surface area (Å²) in [6.45, 7) is 5.99. The number of fused-ring (bicyclic) bond motifs is 1. The third-order valence-corrected chi connectivity index (χ3v) is 7.18. The number of aromatic nitrogens is 3. The van der Waals surface area contributed by atoms with E-state index < -0.39 is 0 Å². The van der Waals surface area contributed by atoms with Crippen LogP contribution >= 0.6 is 35.3 Å². The van der Waals surface area contributed by atoms with E-state index in [4.69, 9.17) is 21.9 Å². The second-order valence-electron chi connectivity index (χ2n) is 7.06.